The van der Waals surface area contributed by atoms with E-state index in [1.807, 2.05) is 86.9 Å². The molecule has 0 fully saturated rings. The van der Waals surface area contributed by atoms with E-state index in [-0.39, 0.29) is 13.2 Å². The molecule has 148 valence electrons. The second-order valence-electron chi connectivity index (χ2n) is 6.61. The minimum Gasteiger partial charge on any atom is -0.491 e. The number of ether oxygens (including phenoxy) is 1. The lowest BCUT2D eigenvalue weighted by molar-refractivity contribution is 0.201. The third-order valence-corrected chi connectivity index (χ3v) is 5.03. The van der Waals surface area contributed by atoms with Crippen molar-refractivity contribution in [3.05, 3.63) is 89.5 Å². The molecule has 0 bridgehead atoms. The van der Waals surface area contributed by atoms with Crippen LogP contribution in [0.15, 0.2) is 72.8 Å². The molecular formula is C24H25N3O2. The molecule has 3 N–H and O–H groups in total. The van der Waals surface area contributed by atoms with Crippen molar-refractivity contribution in [3.8, 4) is 11.8 Å². The fourth-order valence-electron chi connectivity index (χ4n) is 3.43. The Labute approximate surface area is 171 Å². The van der Waals surface area contributed by atoms with Gasteiger partial charge in [0, 0.05) is 25.5 Å². The Balaban J connectivity index is 2.14. The van der Waals surface area contributed by atoms with Crippen LogP contribution in [0, 0.1) is 11.3 Å². The molecule has 0 atom stereocenters. The van der Waals surface area contributed by atoms with E-state index in [0.29, 0.717) is 5.75 Å². The summed E-state index contributed by atoms with van der Waals surface area (Å²) in [4.78, 5) is 0. The van der Waals surface area contributed by atoms with Crippen molar-refractivity contribution in [2.75, 3.05) is 37.9 Å². The Bertz CT molecular complexity index is 912. The van der Waals surface area contributed by atoms with Crippen LogP contribution in [0.4, 0.5) is 11.4 Å². The highest BCUT2D eigenvalue weighted by atomic mass is 16.5. The van der Waals surface area contributed by atoms with Gasteiger partial charge in [-0.15, -0.1) is 0 Å². The SMILES string of the molecule is CNc1ccc(C(C#N)(c2ccc(NC)cc2)c2ccc(OCCO)cc2)cc1. The minimum absolute atomic E-state index is 0.0422. The molecule has 0 aliphatic heterocycles. The molecular weight excluding hydrogens is 362 g/mol. The van der Waals surface area contributed by atoms with Gasteiger partial charge in [0.25, 0.3) is 0 Å². The predicted octanol–water partition coefficient (Wildman–Crippen LogP) is 4.00. The van der Waals surface area contributed by atoms with Crippen LogP contribution >= 0.6 is 0 Å². The van der Waals surface area contributed by atoms with Crippen LogP contribution in [-0.4, -0.2) is 32.4 Å². The quantitative estimate of drug-likeness (QED) is 0.509. The fraction of sp³-hybridized carbons (Fsp3) is 0.208. The average molecular weight is 387 g/mol. The average Bonchev–Trinajstić information content (AvgIpc) is 2.80. The first kappa shape index (κ1) is 20.2. The molecule has 0 amide bonds. The first-order valence-corrected chi connectivity index (χ1v) is 9.50. The monoisotopic (exact) mass is 387 g/mol. The van der Waals surface area contributed by atoms with Crippen molar-refractivity contribution in [2.24, 2.45) is 0 Å². The summed E-state index contributed by atoms with van der Waals surface area (Å²) in [6, 6.07) is 25.9. The molecule has 0 aliphatic rings. The van der Waals surface area contributed by atoms with Gasteiger partial charge in [0.15, 0.2) is 0 Å². The molecule has 0 aliphatic carbocycles. The molecule has 0 unspecified atom stereocenters. The van der Waals surface area contributed by atoms with Gasteiger partial charge < -0.3 is 20.5 Å². The van der Waals surface area contributed by atoms with Crippen LogP contribution in [0.5, 0.6) is 5.75 Å². The van der Waals surface area contributed by atoms with Gasteiger partial charge in [0.05, 0.1) is 12.7 Å². The van der Waals surface area contributed by atoms with Crippen molar-refractivity contribution in [3.63, 3.8) is 0 Å². The van der Waals surface area contributed by atoms with E-state index in [4.69, 9.17) is 9.84 Å². The Morgan fingerprint density at radius 3 is 1.55 bits per heavy atom. The summed E-state index contributed by atoms with van der Waals surface area (Å²) < 4.78 is 5.48. The normalized spacial score (nSPS) is 10.8. The number of hydrogen-bond donors (Lipinski definition) is 3. The highest BCUT2D eigenvalue weighted by Gasteiger charge is 2.36. The van der Waals surface area contributed by atoms with E-state index in [1.165, 1.54) is 0 Å². The van der Waals surface area contributed by atoms with Gasteiger partial charge in [0.1, 0.15) is 17.8 Å². The lowest BCUT2D eigenvalue weighted by Gasteiger charge is -2.29. The zero-order valence-electron chi connectivity index (χ0n) is 16.6. The molecule has 0 saturated carbocycles. The molecule has 5 nitrogen and oxygen atoms in total. The fourth-order valence-corrected chi connectivity index (χ4v) is 3.43. The van der Waals surface area contributed by atoms with E-state index >= 15 is 0 Å². The molecule has 0 spiro atoms. The number of benzene rings is 3. The molecule has 3 aromatic carbocycles. The number of nitriles is 1. The molecule has 3 rings (SSSR count). The highest BCUT2D eigenvalue weighted by Crippen LogP contribution is 2.40. The van der Waals surface area contributed by atoms with Crippen molar-refractivity contribution in [2.45, 2.75) is 5.41 Å². The molecule has 0 saturated heterocycles. The summed E-state index contributed by atoms with van der Waals surface area (Å²) in [5.41, 5.74) is 3.64. The number of rotatable bonds is 8. The number of hydrogen-bond acceptors (Lipinski definition) is 5. The maximum absolute atomic E-state index is 10.5. The highest BCUT2D eigenvalue weighted by molar-refractivity contribution is 5.60. The van der Waals surface area contributed by atoms with Crippen LogP contribution in [-0.2, 0) is 5.41 Å². The third-order valence-electron chi connectivity index (χ3n) is 5.03. The van der Waals surface area contributed by atoms with Gasteiger partial charge in [-0.05, 0) is 53.1 Å². The Morgan fingerprint density at radius 1 is 0.793 bits per heavy atom. The van der Waals surface area contributed by atoms with E-state index in [0.717, 1.165) is 28.1 Å². The smallest absolute Gasteiger partial charge is 0.132 e. The summed E-state index contributed by atoms with van der Waals surface area (Å²) in [6.45, 7) is 0.194. The zero-order chi connectivity index (χ0) is 20.7. The maximum atomic E-state index is 10.5. The Hall–Kier alpha value is -3.49. The van der Waals surface area contributed by atoms with E-state index in [9.17, 15) is 5.26 Å². The standard InChI is InChI=1S/C24H25N3O2/c1-26-21-9-3-18(4-10-21)24(17-25,19-5-11-22(27-2)12-6-19)20-7-13-23(14-8-20)29-16-15-28/h3-14,26-28H,15-16H2,1-2H3. The van der Waals surface area contributed by atoms with Crippen LogP contribution in [0.3, 0.4) is 0 Å². The number of aliphatic hydroxyl groups is 1. The van der Waals surface area contributed by atoms with Crippen LogP contribution in [0.2, 0.25) is 0 Å². The van der Waals surface area contributed by atoms with E-state index in [2.05, 4.69) is 16.7 Å². The number of aliphatic hydroxyl groups excluding tert-OH is 1. The molecule has 29 heavy (non-hydrogen) atoms. The lowest BCUT2D eigenvalue weighted by atomic mass is 9.70. The van der Waals surface area contributed by atoms with Crippen molar-refractivity contribution < 1.29 is 9.84 Å². The third kappa shape index (κ3) is 4.03. The summed E-state index contributed by atoms with van der Waals surface area (Å²) in [7, 11) is 3.74. The van der Waals surface area contributed by atoms with Crippen molar-refractivity contribution in [1.29, 1.82) is 5.26 Å². The van der Waals surface area contributed by atoms with Crippen LogP contribution < -0.4 is 15.4 Å². The van der Waals surface area contributed by atoms with E-state index < -0.39 is 5.41 Å². The van der Waals surface area contributed by atoms with Gasteiger partial charge >= 0.3 is 0 Å². The molecule has 5 heteroatoms. The molecule has 3 aromatic rings. The number of anilines is 2. The zero-order valence-corrected chi connectivity index (χ0v) is 16.6. The van der Waals surface area contributed by atoms with Gasteiger partial charge in [-0.3, -0.25) is 0 Å². The summed E-state index contributed by atoms with van der Waals surface area (Å²) in [6.07, 6.45) is 0. The minimum atomic E-state index is -0.964. The summed E-state index contributed by atoms with van der Waals surface area (Å²) in [5, 5.41) is 25.6. The maximum Gasteiger partial charge on any atom is 0.132 e. The van der Waals surface area contributed by atoms with Crippen molar-refractivity contribution >= 4 is 11.4 Å². The first-order valence-electron chi connectivity index (χ1n) is 9.50. The number of nitrogens with one attached hydrogen (secondary N) is 2. The molecule has 0 aromatic heterocycles. The topological polar surface area (TPSA) is 77.3 Å². The molecule has 0 radical (unpaired) electrons. The Morgan fingerprint density at radius 2 is 1.21 bits per heavy atom. The lowest BCUT2D eigenvalue weighted by Crippen LogP contribution is -2.27. The van der Waals surface area contributed by atoms with E-state index in [1.54, 1.807) is 0 Å². The Kier molecular flexibility index (Phi) is 6.38. The van der Waals surface area contributed by atoms with Crippen LogP contribution in [0.1, 0.15) is 16.7 Å². The summed E-state index contributed by atoms with van der Waals surface area (Å²) in [5.74, 6) is 0.658. The second-order valence-corrected chi connectivity index (χ2v) is 6.61. The first-order chi connectivity index (χ1) is 14.2. The van der Waals surface area contributed by atoms with Crippen LogP contribution in [0.25, 0.3) is 0 Å². The molecule has 0 heterocycles. The van der Waals surface area contributed by atoms with Crippen molar-refractivity contribution in [1.82, 2.24) is 0 Å². The van der Waals surface area contributed by atoms with Gasteiger partial charge in [-0.2, -0.15) is 5.26 Å². The van der Waals surface area contributed by atoms with Gasteiger partial charge in [-0.25, -0.2) is 0 Å². The predicted molar refractivity (Wildman–Crippen MR) is 116 cm³/mol. The van der Waals surface area contributed by atoms with Gasteiger partial charge in [-0.1, -0.05) is 36.4 Å². The summed E-state index contributed by atoms with van der Waals surface area (Å²) >= 11 is 0. The van der Waals surface area contributed by atoms with Gasteiger partial charge in [0.2, 0.25) is 0 Å². The second kappa shape index (κ2) is 9.13. The largest absolute Gasteiger partial charge is 0.491 e. The number of nitrogens with zero attached hydrogens (tertiary/aromatic N) is 1.